The van der Waals surface area contributed by atoms with Crippen molar-refractivity contribution in [1.82, 2.24) is 19.7 Å². The molecule has 0 amide bonds. The van der Waals surface area contributed by atoms with Gasteiger partial charge in [-0.1, -0.05) is 26.8 Å². The lowest BCUT2D eigenvalue weighted by Crippen LogP contribution is -2.27. The highest BCUT2D eigenvalue weighted by Gasteiger charge is 2.38. The molecule has 32 heavy (non-hydrogen) atoms. The Balaban J connectivity index is 2.32. The summed E-state index contributed by atoms with van der Waals surface area (Å²) in [5.74, 6) is -1.42. The largest absolute Gasteiger partial charge is 0.419 e. The molecule has 1 atom stereocenters. The second-order valence-electron chi connectivity index (χ2n) is 8.54. The molecule has 2 aromatic heterocycles. The van der Waals surface area contributed by atoms with E-state index in [1.165, 1.54) is 6.92 Å². The zero-order valence-corrected chi connectivity index (χ0v) is 17.4. The molecule has 1 N–H and O–H groups in total. The number of aromatic amines is 1. The van der Waals surface area contributed by atoms with Crippen LogP contribution in [0.3, 0.4) is 0 Å². The smallest absolute Gasteiger partial charge is 0.310 e. The average molecular weight is 464 g/mol. The van der Waals surface area contributed by atoms with Gasteiger partial charge in [0.2, 0.25) is 0 Å². The zero-order chi connectivity index (χ0) is 24.2. The first kappa shape index (κ1) is 23.7. The summed E-state index contributed by atoms with van der Waals surface area (Å²) in [6.45, 7) is 6.39. The number of aromatic nitrogens is 4. The summed E-state index contributed by atoms with van der Waals surface area (Å²) in [5, 5.41) is 3.61. The van der Waals surface area contributed by atoms with E-state index in [0.29, 0.717) is 12.1 Å². The number of hydrogen-bond donors (Lipinski definition) is 1. The lowest BCUT2D eigenvalue weighted by molar-refractivity contribution is -0.140. The van der Waals surface area contributed by atoms with Crippen molar-refractivity contribution in [2.45, 2.75) is 52.5 Å². The number of hydrogen-bond acceptors (Lipinski definition) is 3. The molecule has 0 saturated heterocycles. The summed E-state index contributed by atoms with van der Waals surface area (Å²) in [6, 6.07) is 1.25. The van der Waals surface area contributed by atoms with Crippen LogP contribution in [0.4, 0.5) is 30.7 Å². The van der Waals surface area contributed by atoms with Crippen LogP contribution in [-0.4, -0.2) is 25.9 Å². The third-order valence-electron chi connectivity index (χ3n) is 4.80. The molecule has 174 valence electrons. The van der Waals surface area contributed by atoms with Gasteiger partial charge in [-0.3, -0.25) is 4.79 Å². The molecule has 0 saturated carbocycles. The summed E-state index contributed by atoms with van der Waals surface area (Å²) < 4.78 is 93.7. The molecular formula is C20H19F7N4O. The molecule has 0 aliphatic carbocycles. The van der Waals surface area contributed by atoms with Crippen LogP contribution >= 0.6 is 0 Å². The van der Waals surface area contributed by atoms with E-state index in [0.717, 1.165) is 10.7 Å². The molecule has 0 fully saturated rings. The van der Waals surface area contributed by atoms with Crippen LogP contribution in [0.2, 0.25) is 0 Å². The van der Waals surface area contributed by atoms with Crippen LogP contribution in [0.25, 0.3) is 11.0 Å². The Hall–Kier alpha value is -2.92. The van der Waals surface area contributed by atoms with Gasteiger partial charge in [0.1, 0.15) is 17.0 Å². The monoisotopic (exact) mass is 464 g/mol. The minimum atomic E-state index is -4.91. The molecule has 3 aromatic rings. The topological polar surface area (TPSA) is 63.6 Å². The summed E-state index contributed by atoms with van der Waals surface area (Å²) >= 11 is 0. The summed E-state index contributed by atoms with van der Waals surface area (Å²) in [7, 11) is 0. The van der Waals surface area contributed by atoms with E-state index in [2.05, 4.69) is 15.1 Å². The SMILES string of the molecule is Cc1nc2c(c(CC(F)(F)F)nn2C(c2ccc(C(F)(F)F)c(F)c2)C(C)(C)C)c(=O)[nH]1. The van der Waals surface area contributed by atoms with Crippen molar-refractivity contribution in [3.8, 4) is 0 Å². The highest BCUT2D eigenvalue weighted by Crippen LogP contribution is 2.40. The summed E-state index contributed by atoms with van der Waals surface area (Å²) in [6.07, 6.45) is -11.1. The van der Waals surface area contributed by atoms with Gasteiger partial charge >= 0.3 is 12.4 Å². The maximum atomic E-state index is 14.3. The van der Waals surface area contributed by atoms with E-state index in [-0.39, 0.29) is 22.4 Å². The number of benzene rings is 1. The Bertz CT molecular complexity index is 1220. The van der Waals surface area contributed by atoms with Crippen molar-refractivity contribution in [2.24, 2.45) is 5.41 Å². The van der Waals surface area contributed by atoms with Crippen LogP contribution in [-0.2, 0) is 12.6 Å². The fraction of sp³-hybridized carbons (Fsp3) is 0.450. The fourth-order valence-corrected chi connectivity index (χ4v) is 3.66. The van der Waals surface area contributed by atoms with Crippen molar-refractivity contribution in [3.05, 3.63) is 57.0 Å². The predicted molar refractivity (Wildman–Crippen MR) is 102 cm³/mol. The lowest BCUT2D eigenvalue weighted by Gasteiger charge is -2.32. The fourth-order valence-electron chi connectivity index (χ4n) is 3.66. The minimum Gasteiger partial charge on any atom is -0.310 e. The van der Waals surface area contributed by atoms with E-state index in [9.17, 15) is 35.5 Å². The molecule has 0 spiro atoms. The first-order valence-corrected chi connectivity index (χ1v) is 9.40. The number of nitrogens with one attached hydrogen (secondary N) is 1. The normalized spacial score (nSPS) is 14.2. The molecule has 0 radical (unpaired) electrons. The first-order chi connectivity index (χ1) is 14.5. The first-order valence-electron chi connectivity index (χ1n) is 9.40. The van der Waals surface area contributed by atoms with Gasteiger partial charge in [-0.2, -0.15) is 31.4 Å². The van der Waals surface area contributed by atoms with E-state index in [4.69, 9.17) is 0 Å². The van der Waals surface area contributed by atoms with Crippen molar-refractivity contribution in [1.29, 1.82) is 0 Å². The Morgan fingerprint density at radius 2 is 1.72 bits per heavy atom. The zero-order valence-electron chi connectivity index (χ0n) is 17.4. The van der Waals surface area contributed by atoms with Gasteiger partial charge in [0.05, 0.1) is 23.7 Å². The predicted octanol–water partition coefficient (Wildman–Crippen LogP) is 5.33. The van der Waals surface area contributed by atoms with Crippen molar-refractivity contribution < 1.29 is 30.7 Å². The van der Waals surface area contributed by atoms with E-state index in [1.807, 2.05) is 0 Å². The molecule has 0 bridgehead atoms. The quantitative estimate of drug-likeness (QED) is 0.534. The molecule has 0 aliphatic rings. The molecule has 0 aliphatic heterocycles. The minimum absolute atomic E-state index is 0.0330. The highest BCUT2D eigenvalue weighted by molar-refractivity contribution is 5.77. The van der Waals surface area contributed by atoms with E-state index >= 15 is 0 Å². The number of aryl methyl sites for hydroxylation is 1. The Kier molecular flexibility index (Phi) is 5.63. The molecule has 12 heteroatoms. The Morgan fingerprint density at radius 1 is 1.09 bits per heavy atom. The van der Waals surface area contributed by atoms with Crippen LogP contribution in [0.1, 0.15) is 49.5 Å². The van der Waals surface area contributed by atoms with Crippen molar-refractivity contribution in [3.63, 3.8) is 0 Å². The van der Waals surface area contributed by atoms with Crippen molar-refractivity contribution >= 4 is 11.0 Å². The maximum absolute atomic E-state index is 14.3. The van der Waals surface area contributed by atoms with Gasteiger partial charge in [0, 0.05) is 0 Å². The standard InChI is InChI=1S/C20H19F7N4O/c1-9-28-16-14(17(32)29-9)13(8-19(22,23)24)30-31(16)15(18(2,3)4)10-5-6-11(12(21)7-10)20(25,26)27/h5-7,15H,8H2,1-4H3,(H,28,29,32). The van der Waals surface area contributed by atoms with Gasteiger partial charge in [0.25, 0.3) is 5.56 Å². The third-order valence-corrected chi connectivity index (χ3v) is 4.80. The van der Waals surface area contributed by atoms with Crippen LogP contribution < -0.4 is 5.56 Å². The molecule has 5 nitrogen and oxygen atoms in total. The second kappa shape index (κ2) is 7.59. The van der Waals surface area contributed by atoms with Crippen LogP contribution in [0.15, 0.2) is 23.0 Å². The number of H-pyrrole nitrogens is 1. The Labute approximate surface area is 177 Å². The summed E-state index contributed by atoms with van der Waals surface area (Å²) in [5.41, 5.74) is -3.88. The van der Waals surface area contributed by atoms with Gasteiger partial charge in [-0.05, 0) is 30.0 Å². The number of rotatable bonds is 3. The highest BCUT2D eigenvalue weighted by atomic mass is 19.4. The second-order valence-corrected chi connectivity index (χ2v) is 8.54. The number of alkyl halides is 6. The van der Waals surface area contributed by atoms with Crippen molar-refractivity contribution in [2.75, 3.05) is 0 Å². The average Bonchev–Trinajstić information content (AvgIpc) is 2.88. The van der Waals surface area contributed by atoms with Gasteiger partial charge in [-0.25, -0.2) is 14.1 Å². The van der Waals surface area contributed by atoms with Gasteiger partial charge in [-0.15, -0.1) is 0 Å². The molecular weight excluding hydrogens is 445 g/mol. The van der Waals surface area contributed by atoms with Gasteiger partial charge in [0.15, 0.2) is 5.65 Å². The Morgan fingerprint density at radius 3 is 2.22 bits per heavy atom. The maximum Gasteiger partial charge on any atom is 0.419 e. The molecule has 3 rings (SSSR count). The van der Waals surface area contributed by atoms with E-state index in [1.54, 1.807) is 20.8 Å². The molecule has 2 heterocycles. The number of halogens is 7. The third kappa shape index (κ3) is 4.63. The van der Waals surface area contributed by atoms with Gasteiger partial charge < -0.3 is 4.98 Å². The van der Waals surface area contributed by atoms with Crippen LogP contribution in [0, 0.1) is 18.2 Å². The lowest BCUT2D eigenvalue weighted by atomic mass is 9.82. The molecule has 1 aromatic carbocycles. The molecule has 1 unspecified atom stereocenters. The van der Waals surface area contributed by atoms with E-state index < -0.39 is 52.9 Å². The summed E-state index contributed by atoms with van der Waals surface area (Å²) in [4.78, 5) is 18.9. The number of nitrogens with zero attached hydrogens (tertiary/aromatic N) is 3. The number of fused-ring (bicyclic) bond motifs is 1. The van der Waals surface area contributed by atoms with Crippen LogP contribution in [0.5, 0.6) is 0 Å².